The Balaban J connectivity index is 2.09. The van der Waals surface area contributed by atoms with E-state index < -0.39 is 0 Å². The molecule has 2 aromatic rings. The van der Waals surface area contributed by atoms with Gasteiger partial charge in [-0.05, 0) is 25.3 Å². The standard InChI is InChI=1S/C18H19ClO4/c1-12(20)16-14(19)11-15(22-2)18(17(16)21)23-10-6-9-13-7-4-3-5-8-13/h3-5,7-8,11,21H,6,9-10H2,1-2H3. The SMILES string of the molecule is COc1cc(Cl)c(C(C)=O)c(O)c1OCCCc1ccccc1. The Hall–Kier alpha value is -2.20. The molecule has 0 aliphatic carbocycles. The normalized spacial score (nSPS) is 10.4. The Kier molecular flexibility index (Phi) is 5.88. The van der Waals surface area contributed by atoms with Crippen LogP contribution in [-0.2, 0) is 6.42 Å². The van der Waals surface area contributed by atoms with Crippen LogP contribution in [0.5, 0.6) is 17.2 Å². The maximum absolute atomic E-state index is 11.6. The van der Waals surface area contributed by atoms with Crippen LogP contribution in [0, 0.1) is 0 Å². The Morgan fingerprint density at radius 2 is 1.96 bits per heavy atom. The molecule has 23 heavy (non-hydrogen) atoms. The first-order valence-electron chi connectivity index (χ1n) is 7.31. The zero-order valence-electron chi connectivity index (χ0n) is 13.1. The van der Waals surface area contributed by atoms with Crippen LogP contribution in [0.3, 0.4) is 0 Å². The van der Waals surface area contributed by atoms with E-state index in [1.54, 1.807) is 0 Å². The molecule has 2 rings (SSSR count). The van der Waals surface area contributed by atoms with Gasteiger partial charge in [-0.3, -0.25) is 4.79 Å². The maximum Gasteiger partial charge on any atom is 0.204 e. The van der Waals surface area contributed by atoms with Gasteiger partial charge in [-0.1, -0.05) is 41.9 Å². The van der Waals surface area contributed by atoms with Crippen molar-refractivity contribution in [3.05, 3.63) is 52.5 Å². The predicted molar refractivity (Wildman–Crippen MR) is 89.9 cm³/mol. The van der Waals surface area contributed by atoms with E-state index in [0.29, 0.717) is 12.4 Å². The van der Waals surface area contributed by atoms with Gasteiger partial charge in [0.15, 0.2) is 17.3 Å². The lowest BCUT2D eigenvalue weighted by Gasteiger charge is -2.15. The lowest BCUT2D eigenvalue weighted by Crippen LogP contribution is -2.04. The molecule has 2 aromatic carbocycles. The van der Waals surface area contributed by atoms with Gasteiger partial charge in [0.2, 0.25) is 5.75 Å². The molecule has 0 aliphatic heterocycles. The number of halogens is 1. The summed E-state index contributed by atoms with van der Waals surface area (Å²) in [4.78, 5) is 11.6. The molecule has 0 saturated heterocycles. The molecule has 0 fully saturated rings. The molecule has 0 aromatic heterocycles. The molecule has 1 N–H and O–H groups in total. The topological polar surface area (TPSA) is 55.8 Å². The number of benzene rings is 2. The molecule has 4 nitrogen and oxygen atoms in total. The molecular formula is C18H19ClO4. The van der Waals surface area contributed by atoms with Gasteiger partial charge in [-0.15, -0.1) is 0 Å². The highest BCUT2D eigenvalue weighted by Crippen LogP contribution is 2.43. The zero-order valence-corrected chi connectivity index (χ0v) is 13.9. The fourth-order valence-electron chi connectivity index (χ4n) is 2.32. The number of rotatable bonds is 7. The number of hydrogen-bond acceptors (Lipinski definition) is 4. The van der Waals surface area contributed by atoms with Gasteiger partial charge in [0.05, 0.1) is 24.3 Å². The first kappa shape index (κ1) is 17.2. The van der Waals surface area contributed by atoms with Crippen molar-refractivity contribution in [3.8, 4) is 17.2 Å². The van der Waals surface area contributed by atoms with Crippen LogP contribution < -0.4 is 9.47 Å². The summed E-state index contributed by atoms with van der Waals surface area (Å²) in [5.41, 5.74) is 1.26. The van der Waals surface area contributed by atoms with Gasteiger partial charge in [-0.25, -0.2) is 0 Å². The van der Waals surface area contributed by atoms with E-state index in [-0.39, 0.29) is 27.9 Å². The van der Waals surface area contributed by atoms with E-state index in [2.05, 4.69) is 0 Å². The van der Waals surface area contributed by atoms with Crippen molar-refractivity contribution in [1.82, 2.24) is 0 Å². The summed E-state index contributed by atoms with van der Waals surface area (Å²) in [5, 5.41) is 10.4. The number of ether oxygens (including phenoxy) is 2. The zero-order chi connectivity index (χ0) is 16.8. The number of methoxy groups -OCH3 is 1. The monoisotopic (exact) mass is 334 g/mol. The van der Waals surface area contributed by atoms with Crippen molar-refractivity contribution in [2.75, 3.05) is 13.7 Å². The fourth-order valence-corrected chi connectivity index (χ4v) is 2.64. The summed E-state index contributed by atoms with van der Waals surface area (Å²) in [6.07, 6.45) is 1.63. The van der Waals surface area contributed by atoms with Crippen molar-refractivity contribution in [2.24, 2.45) is 0 Å². The van der Waals surface area contributed by atoms with Gasteiger partial charge >= 0.3 is 0 Å². The third-order valence-electron chi connectivity index (χ3n) is 3.44. The fraction of sp³-hybridized carbons (Fsp3) is 0.278. The average Bonchev–Trinajstić information content (AvgIpc) is 2.53. The molecule has 0 radical (unpaired) electrons. The second-order valence-electron chi connectivity index (χ2n) is 5.11. The van der Waals surface area contributed by atoms with Crippen LogP contribution >= 0.6 is 11.6 Å². The first-order valence-corrected chi connectivity index (χ1v) is 7.69. The molecule has 0 saturated carbocycles. The van der Waals surface area contributed by atoms with Crippen molar-refractivity contribution in [1.29, 1.82) is 0 Å². The van der Waals surface area contributed by atoms with E-state index >= 15 is 0 Å². The highest BCUT2D eigenvalue weighted by molar-refractivity contribution is 6.34. The minimum Gasteiger partial charge on any atom is -0.504 e. The second kappa shape index (κ2) is 7.88. The lowest BCUT2D eigenvalue weighted by molar-refractivity contribution is 0.101. The van der Waals surface area contributed by atoms with Gasteiger partial charge in [0.25, 0.3) is 0 Å². The molecule has 0 aliphatic rings. The summed E-state index contributed by atoms with van der Waals surface area (Å²) >= 11 is 6.01. The molecule has 0 bridgehead atoms. The molecule has 0 heterocycles. The van der Waals surface area contributed by atoms with Gasteiger partial charge < -0.3 is 14.6 Å². The van der Waals surface area contributed by atoms with E-state index in [9.17, 15) is 9.90 Å². The molecule has 0 unspecified atom stereocenters. The first-order chi connectivity index (χ1) is 11.0. The molecule has 0 amide bonds. The summed E-state index contributed by atoms with van der Waals surface area (Å²) in [5.74, 6) is -0.154. The second-order valence-corrected chi connectivity index (χ2v) is 5.51. The molecule has 5 heteroatoms. The third kappa shape index (κ3) is 4.17. The van der Waals surface area contributed by atoms with Crippen LogP contribution in [0.4, 0.5) is 0 Å². The van der Waals surface area contributed by atoms with E-state index in [1.165, 1.54) is 25.7 Å². The molecule has 122 valence electrons. The third-order valence-corrected chi connectivity index (χ3v) is 3.74. The predicted octanol–water partition coefficient (Wildman–Crippen LogP) is 4.27. The molecular weight excluding hydrogens is 316 g/mol. The van der Waals surface area contributed by atoms with Crippen LogP contribution in [-0.4, -0.2) is 24.6 Å². The smallest absolute Gasteiger partial charge is 0.204 e. The summed E-state index contributed by atoms with van der Waals surface area (Å²) in [6.45, 7) is 1.73. The van der Waals surface area contributed by atoms with Gasteiger partial charge in [-0.2, -0.15) is 0 Å². The maximum atomic E-state index is 11.6. The minimum atomic E-state index is -0.329. The number of phenols is 1. The number of carbonyl (C=O) groups is 1. The Morgan fingerprint density at radius 3 is 2.57 bits per heavy atom. The van der Waals surface area contributed by atoms with Crippen LogP contribution in [0.2, 0.25) is 5.02 Å². The number of phenolic OH excluding ortho intramolecular Hbond substituents is 1. The largest absolute Gasteiger partial charge is 0.504 e. The molecule has 0 spiro atoms. The van der Waals surface area contributed by atoms with Gasteiger partial charge in [0.1, 0.15) is 0 Å². The summed E-state index contributed by atoms with van der Waals surface area (Å²) in [6, 6.07) is 11.5. The van der Waals surface area contributed by atoms with Crippen molar-refractivity contribution < 1.29 is 19.4 Å². The van der Waals surface area contributed by atoms with E-state index in [1.807, 2.05) is 30.3 Å². The summed E-state index contributed by atoms with van der Waals surface area (Å²) in [7, 11) is 1.45. The minimum absolute atomic E-state index is 0.0468. The van der Waals surface area contributed by atoms with Crippen LogP contribution in [0.25, 0.3) is 0 Å². The number of Topliss-reactive ketones (excluding diaryl/α,β-unsaturated/α-hetero) is 1. The number of ketones is 1. The van der Waals surface area contributed by atoms with Crippen molar-refractivity contribution >= 4 is 17.4 Å². The van der Waals surface area contributed by atoms with Gasteiger partial charge in [0, 0.05) is 6.07 Å². The Bertz CT molecular complexity index is 683. The quantitative estimate of drug-likeness (QED) is 0.607. The highest BCUT2D eigenvalue weighted by atomic mass is 35.5. The highest BCUT2D eigenvalue weighted by Gasteiger charge is 2.21. The summed E-state index contributed by atoms with van der Waals surface area (Å²) < 4.78 is 10.8. The average molecular weight is 335 g/mol. The van der Waals surface area contributed by atoms with E-state index in [4.69, 9.17) is 21.1 Å². The van der Waals surface area contributed by atoms with E-state index in [0.717, 1.165) is 12.8 Å². The number of hydrogen-bond donors (Lipinski definition) is 1. The number of aromatic hydroxyl groups is 1. The van der Waals surface area contributed by atoms with Crippen LogP contribution in [0.15, 0.2) is 36.4 Å². The van der Waals surface area contributed by atoms with Crippen molar-refractivity contribution in [2.45, 2.75) is 19.8 Å². The van der Waals surface area contributed by atoms with Crippen molar-refractivity contribution in [3.63, 3.8) is 0 Å². The Labute approximate surface area is 140 Å². The molecule has 0 atom stereocenters. The number of aryl methyl sites for hydroxylation is 1. The van der Waals surface area contributed by atoms with Crippen LogP contribution in [0.1, 0.15) is 29.3 Å². The Morgan fingerprint density at radius 1 is 1.26 bits per heavy atom. The lowest BCUT2D eigenvalue weighted by atomic mass is 10.1. The number of carbonyl (C=O) groups excluding carboxylic acids is 1.